The number of benzene rings is 2. The molecule has 3 fully saturated rings. The number of hydrogen-bond acceptors (Lipinski definition) is 7. The van der Waals surface area contributed by atoms with Gasteiger partial charge in [0.05, 0.1) is 22.8 Å². The third-order valence-corrected chi connectivity index (χ3v) is 7.53. The molecular weight excluding hydrogens is 486 g/mol. The number of non-ortho nitro benzene ring substituents is 1. The van der Waals surface area contributed by atoms with E-state index in [2.05, 4.69) is 17.0 Å². The Morgan fingerprint density at radius 2 is 1.89 bits per heavy atom. The van der Waals surface area contributed by atoms with Gasteiger partial charge >= 0.3 is 5.97 Å². The minimum Gasteiger partial charge on any atom is -0.462 e. The summed E-state index contributed by atoms with van der Waals surface area (Å²) in [5, 5.41) is 11.3. The van der Waals surface area contributed by atoms with E-state index in [4.69, 9.17) is 4.74 Å². The maximum Gasteiger partial charge on any atom is 0.340 e. The van der Waals surface area contributed by atoms with Crippen molar-refractivity contribution in [3.63, 3.8) is 0 Å². The van der Waals surface area contributed by atoms with Crippen LogP contribution in [0, 0.1) is 27.9 Å². The number of ether oxygens (including phenoxy) is 1. The number of nitro benzene ring substituents is 1. The number of amides is 2. The van der Waals surface area contributed by atoms with Crippen molar-refractivity contribution in [2.45, 2.75) is 38.8 Å². The van der Waals surface area contributed by atoms with E-state index in [1.165, 1.54) is 17.7 Å². The molecule has 4 unspecified atom stereocenters. The topological polar surface area (TPSA) is 110 Å². The summed E-state index contributed by atoms with van der Waals surface area (Å²) in [5.41, 5.74) is 0.843. The number of nitrogens with zero attached hydrogens (tertiary/aromatic N) is 3. The van der Waals surface area contributed by atoms with Gasteiger partial charge in [0.1, 0.15) is 0 Å². The van der Waals surface area contributed by atoms with Gasteiger partial charge in [-0.3, -0.25) is 24.6 Å². The van der Waals surface area contributed by atoms with Crippen molar-refractivity contribution < 1.29 is 24.0 Å². The highest BCUT2D eigenvalue weighted by Gasteiger charge is 2.47. The maximum atomic E-state index is 13.1. The average Bonchev–Trinajstić information content (AvgIpc) is 3.47. The Kier molecular flexibility index (Phi) is 7.42. The Morgan fingerprint density at radius 1 is 1.14 bits per heavy atom. The maximum absolute atomic E-state index is 13.1. The second-order valence-electron chi connectivity index (χ2n) is 9.71. The zero-order valence-corrected chi connectivity index (χ0v) is 20.7. The number of fused-ring (bicyclic) bond motifs is 2. The molecule has 1 aliphatic carbocycles. The van der Waals surface area contributed by atoms with Crippen LogP contribution in [0.4, 0.5) is 11.4 Å². The molecule has 1 saturated carbocycles. The van der Waals surface area contributed by atoms with E-state index in [0.29, 0.717) is 12.0 Å². The summed E-state index contributed by atoms with van der Waals surface area (Å²) in [4.78, 5) is 52.3. The van der Waals surface area contributed by atoms with E-state index in [1.807, 2.05) is 18.2 Å². The summed E-state index contributed by atoms with van der Waals surface area (Å²) in [6.07, 6.45) is 2.15. The quantitative estimate of drug-likeness (QED) is 0.238. The Balaban J connectivity index is 0.00000304. The van der Waals surface area contributed by atoms with Crippen molar-refractivity contribution in [2.24, 2.45) is 17.8 Å². The van der Waals surface area contributed by atoms with Crippen molar-refractivity contribution in [1.82, 2.24) is 4.90 Å². The molecule has 0 radical (unpaired) electrons. The number of imide groups is 1. The molecule has 10 heteroatoms. The number of rotatable bonds is 7. The van der Waals surface area contributed by atoms with Crippen molar-refractivity contribution in [1.29, 1.82) is 0 Å². The van der Waals surface area contributed by atoms with Crippen LogP contribution in [-0.4, -0.2) is 46.8 Å². The molecule has 0 aromatic heterocycles. The minimum absolute atomic E-state index is 0. The Morgan fingerprint density at radius 3 is 2.56 bits per heavy atom. The number of nitro groups is 1. The van der Waals surface area contributed by atoms with Crippen LogP contribution >= 0.6 is 12.4 Å². The third-order valence-electron chi connectivity index (χ3n) is 7.53. The lowest BCUT2D eigenvalue weighted by atomic mass is 9.99. The van der Waals surface area contributed by atoms with Gasteiger partial charge in [0, 0.05) is 49.5 Å². The van der Waals surface area contributed by atoms with Crippen LogP contribution < -0.4 is 4.90 Å². The largest absolute Gasteiger partial charge is 0.462 e. The van der Waals surface area contributed by atoms with E-state index >= 15 is 0 Å². The van der Waals surface area contributed by atoms with Gasteiger partial charge < -0.3 is 4.74 Å². The van der Waals surface area contributed by atoms with Gasteiger partial charge in [-0.1, -0.05) is 37.3 Å². The van der Waals surface area contributed by atoms with Gasteiger partial charge in [-0.25, -0.2) is 9.69 Å². The van der Waals surface area contributed by atoms with E-state index in [9.17, 15) is 24.5 Å². The number of hydrogen-bond donors (Lipinski definition) is 0. The highest BCUT2D eigenvalue weighted by atomic mass is 35.5. The molecule has 2 bridgehead atoms. The Hall–Kier alpha value is -3.30. The van der Waals surface area contributed by atoms with Crippen LogP contribution in [-0.2, 0) is 20.9 Å². The summed E-state index contributed by atoms with van der Waals surface area (Å²) in [6, 6.07) is 14.1. The first-order valence-electron chi connectivity index (χ1n) is 11.9. The fourth-order valence-electron chi connectivity index (χ4n) is 5.77. The van der Waals surface area contributed by atoms with Crippen LogP contribution in [0.5, 0.6) is 0 Å². The molecule has 190 valence electrons. The van der Waals surface area contributed by atoms with Crippen molar-refractivity contribution >= 4 is 41.6 Å². The fraction of sp³-hybridized carbons (Fsp3) is 0.423. The van der Waals surface area contributed by atoms with E-state index in [1.54, 1.807) is 6.92 Å². The molecule has 9 nitrogen and oxygen atoms in total. The van der Waals surface area contributed by atoms with E-state index in [-0.39, 0.29) is 48.3 Å². The van der Waals surface area contributed by atoms with Gasteiger partial charge in [-0.05, 0) is 30.4 Å². The summed E-state index contributed by atoms with van der Waals surface area (Å²) >= 11 is 0. The molecule has 0 spiro atoms. The summed E-state index contributed by atoms with van der Waals surface area (Å²) in [5.74, 6) is -1.53. The molecule has 2 aromatic carbocycles. The molecule has 36 heavy (non-hydrogen) atoms. The number of esters is 1. The van der Waals surface area contributed by atoms with Crippen molar-refractivity contribution in [2.75, 3.05) is 18.1 Å². The zero-order chi connectivity index (χ0) is 24.7. The summed E-state index contributed by atoms with van der Waals surface area (Å²) in [7, 11) is 0. The highest BCUT2D eigenvalue weighted by molar-refractivity contribution is 6.22. The van der Waals surface area contributed by atoms with Crippen LogP contribution in [0.1, 0.15) is 42.1 Å². The standard InChI is InChI=1S/C26H27N3O6.ClH/c1-16-11-24(30)28(25(16)31)23-10-8-19(29(33)34)12-20(23)26(32)35-15-21-18-7-9-22(21)27(14-18)13-17-5-3-2-4-6-17;/h2-6,8,10,12,16,18,21-22H,7,9,11,13-15H2,1H3;1H. The normalized spacial score (nSPS) is 25.2. The number of carbonyl (C=O) groups excluding carboxylic acids is 3. The van der Waals surface area contributed by atoms with E-state index < -0.39 is 28.6 Å². The molecule has 2 aliphatic heterocycles. The first-order chi connectivity index (χ1) is 16.8. The average molecular weight is 514 g/mol. The van der Waals surface area contributed by atoms with Gasteiger partial charge in [-0.15, -0.1) is 12.4 Å². The molecule has 4 atom stereocenters. The lowest BCUT2D eigenvalue weighted by Gasteiger charge is -2.27. The van der Waals surface area contributed by atoms with Crippen molar-refractivity contribution in [3.8, 4) is 0 Å². The lowest BCUT2D eigenvalue weighted by molar-refractivity contribution is -0.384. The number of halogens is 1. The molecule has 2 aromatic rings. The molecule has 3 aliphatic rings. The second kappa shape index (κ2) is 10.4. The first kappa shape index (κ1) is 25.8. The predicted octanol–water partition coefficient (Wildman–Crippen LogP) is 3.98. The van der Waals surface area contributed by atoms with Crippen LogP contribution in [0.25, 0.3) is 0 Å². The van der Waals surface area contributed by atoms with Crippen LogP contribution in [0.15, 0.2) is 48.5 Å². The van der Waals surface area contributed by atoms with Gasteiger partial charge in [-0.2, -0.15) is 0 Å². The summed E-state index contributed by atoms with van der Waals surface area (Å²) in [6.45, 7) is 3.62. The lowest BCUT2D eigenvalue weighted by Crippen LogP contribution is -2.34. The van der Waals surface area contributed by atoms with Crippen LogP contribution in [0.3, 0.4) is 0 Å². The Bertz CT molecular complexity index is 1190. The Labute approximate surface area is 215 Å². The third kappa shape index (κ3) is 4.73. The first-order valence-corrected chi connectivity index (χ1v) is 11.9. The molecule has 5 rings (SSSR count). The minimum atomic E-state index is -0.759. The second-order valence-corrected chi connectivity index (χ2v) is 9.71. The smallest absolute Gasteiger partial charge is 0.340 e. The fourth-order valence-corrected chi connectivity index (χ4v) is 5.77. The molecule has 2 heterocycles. The van der Waals surface area contributed by atoms with Gasteiger partial charge in [0.25, 0.3) is 5.69 Å². The number of carbonyl (C=O) groups is 3. The van der Waals surface area contributed by atoms with Crippen molar-refractivity contribution in [3.05, 3.63) is 69.8 Å². The van der Waals surface area contributed by atoms with Gasteiger partial charge in [0.15, 0.2) is 0 Å². The van der Waals surface area contributed by atoms with Crippen LogP contribution in [0.2, 0.25) is 0 Å². The SMILES string of the molecule is CC1CC(=O)N(c2ccc([N+](=O)[O-])cc2C(=O)OCC2C3CCC2N(Cc2ccccc2)C3)C1=O.Cl. The highest BCUT2D eigenvalue weighted by Crippen LogP contribution is 2.43. The number of likely N-dealkylation sites (tertiary alicyclic amines) is 1. The number of piperidine rings is 1. The predicted molar refractivity (Wildman–Crippen MR) is 134 cm³/mol. The van der Waals surface area contributed by atoms with E-state index in [0.717, 1.165) is 36.9 Å². The summed E-state index contributed by atoms with van der Waals surface area (Å²) < 4.78 is 5.69. The zero-order valence-electron chi connectivity index (χ0n) is 19.9. The molecular formula is C26H28ClN3O6. The number of anilines is 1. The van der Waals surface area contributed by atoms with Gasteiger partial charge in [0.2, 0.25) is 11.8 Å². The molecule has 2 saturated heterocycles. The molecule has 2 amide bonds. The molecule has 0 N–H and O–H groups in total. The monoisotopic (exact) mass is 513 g/mol.